The molecule has 0 aromatic heterocycles. The van der Waals surface area contributed by atoms with Gasteiger partial charge in [0.05, 0.1) is 0 Å². The molecule has 0 radical (unpaired) electrons. The first-order valence-electron chi connectivity index (χ1n) is 3.13. The van der Waals surface area contributed by atoms with E-state index in [0.717, 1.165) is 10.9 Å². The quantitative estimate of drug-likeness (QED) is 0.545. The van der Waals surface area contributed by atoms with E-state index in [0.29, 0.717) is 0 Å². The van der Waals surface area contributed by atoms with Gasteiger partial charge in [-0.1, -0.05) is 33.6 Å². The third kappa shape index (κ3) is 5.11. The Morgan fingerprint density at radius 2 is 2.00 bits per heavy atom. The van der Waals surface area contributed by atoms with Crippen LogP contribution in [0.25, 0.3) is 0 Å². The van der Waals surface area contributed by atoms with Gasteiger partial charge in [-0.2, -0.15) is 6.42 Å². The zero-order valence-corrected chi connectivity index (χ0v) is 12.3. The molecular formula is C8H8Br2Zn. The van der Waals surface area contributed by atoms with Gasteiger partial charge in [0.25, 0.3) is 0 Å². The Morgan fingerprint density at radius 3 is 2.36 bits per heavy atom. The van der Waals surface area contributed by atoms with Crippen LogP contribution in [0.2, 0.25) is 0 Å². The number of hydrogen-bond acceptors (Lipinski definition) is 0. The standard InChI is InChI=1S/C8H8Br.BrH.Zn/c1-2-7-4-3-5-8(9)6-7;;/h3-6H,1-2H2;1H;/q-1;;+2/p-1. The molecule has 0 aliphatic rings. The first-order valence-corrected chi connectivity index (χ1v) is 10.9. The molecule has 1 aromatic carbocycles. The average molecular weight is 329 g/mol. The van der Waals surface area contributed by atoms with Crippen molar-refractivity contribution in [1.29, 1.82) is 0 Å². The van der Waals surface area contributed by atoms with Gasteiger partial charge in [-0.05, 0) is 12.1 Å². The molecule has 0 amide bonds. The molecular weight excluding hydrogens is 321 g/mol. The van der Waals surface area contributed by atoms with Crippen LogP contribution in [-0.2, 0) is 22.8 Å². The summed E-state index contributed by atoms with van der Waals surface area (Å²) in [6, 6.07) is 8.18. The van der Waals surface area contributed by atoms with Gasteiger partial charge in [-0.25, -0.2) is 0 Å². The van der Waals surface area contributed by atoms with Gasteiger partial charge in [0.1, 0.15) is 0 Å². The summed E-state index contributed by atoms with van der Waals surface area (Å²) in [6.07, 6.45) is 0.861. The molecule has 0 N–H and O–H groups in total. The molecule has 0 fully saturated rings. The summed E-state index contributed by atoms with van der Waals surface area (Å²) in [5.41, 5.74) is 1.27. The van der Waals surface area contributed by atoms with Crippen molar-refractivity contribution in [2.24, 2.45) is 0 Å². The van der Waals surface area contributed by atoms with Crippen molar-refractivity contribution in [3.05, 3.63) is 41.2 Å². The normalized spacial score (nSPS) is 8.45. The molecule has 11 heavy (non-hydrogen) atoms. The zero-order valence-electron chi connectivity index (χ0n) is 6.19. The first kappa shape index (κ1) is 11.8. The Hall–Kier alpha value is 0.803. The SMILES string of the molecule is [CH2-]Cc1cccc(Br)c1.[Zn+][Br]. The van der Waals surface area contributed by atoms with Crippen molar-refractivity contribution >= 4 is 29.6 Å². The van der Waals surface area contributed by atoms with Crippen LogP contribution in [-0.4, -0.2) is 0 Å². The van der Waals surface area contributed by atoms with Crippen molar-refractivity contribution in [2.75, 3.05) is 0 Å². The molecule has 0 aliphatic carbocycles. The van der Waals surface area contributed by atoms with Crippen LogP contribution in [0.3, 0.4) is 0 Å². The van der Waals surface area contributed by atoms with Crippen LogP contribution in [0.5, 0.6) is 0 Å². The first-order chi connectivity index (χ1) is 5.33. The third-order valence-corrected chi connectivity index (χ3v) is 1.67. The summed E-state index contributed by atoms with van der Waals surface area (Å²) in [7, 11) is 0. The van der Waals surface area contributed by atoms with Crippen molar-refractivity contribution in [2.45, 2.75) is 6.42 Å². The van der Waals surface area contributed by atoms with Crippen molar-refractivity contribution in [3.63, 3.8) is 0 Å². The second-order valence-corrected chi connectivity index (χ2v) is 2.80. The van der Waals surface area contributed by atoms with Crippen LogP contribution in [0.4, 0.5) is 0 Å². The van der Waals surface area contributed by atoms with E-state index in [1.165, 1.54) is 21.9 Å². The molecule has 0 aliphatic heterocycles. The van der Waals surface area contributed by atoms with E-state index in [1.807, 2.05) is 12.1 Å². The molecule has 0 atom stereocenters. The molecule has 3 heteroatoms. The molecule has 0 heterocycles. The van der Waals surface area contributed by atoms with Gasteiger partial charge in [-0.15, -0.1) is 0 Å². The van der Waals surface area contributed by atoms with Gasteiger partial charge >= 0.3 is 30.0 Å². The minimum atomic E-state index is 0.861. The van der Waals surface area contributed by atoms with Crippen LogP contribution < -0.4 is 0 Å². The average Bonchev–Trinajstić information content (AvgIpc) is 2.08. The maximum atomic E-state index is 3.78. The van der Waals surface area contributed by atoms with Crippen molar-refractivity contribution < 1.29 is 16.3 Å². The second kappa shape index (κ2) is 7.45. The molecule has 0 bridgehead atoms. The van der Waals surface area contributed by atoms with Crippen LogP contribution in [0.1, 0.15) is 5.56 Å². The van der Waals surface area contributed by atoms with Crippen LogP contribution >= 0.6 is 29.6 Å². The molecule has 1 rings (SSSR count). The van der Waals surface area contributed by atoms with Crippen molar-refractivity contribution in [1.82, 2.24) is 0 Å². The summed E-state index contributed by atoms with van der Waals surface area (Å²) in [5.74, 6) is 0. The molecule has 0 spiro atoms. The van der Waals surface area contributed by atoms with Gasteiger partial charge in [0, 0.05) is 4.47 Å². The van der Waals surface area contributed by atoms with Crippen LogP contribution in [0, 0.1) is 6.92 Å². The third-order valence-electron chi connectivity index (χ3n) is 1.18. The van der Waals surface area contributed by atoms with E-state index in [2.05, 4.69) is 48.6 Å². The van der Waals surface area contributed by atoms with Crippen molar-refractivity contribution in [3.8, 4) is 0 Å². The summed E-state index contributed by atoms with van der Waals surface area (Å²) in [4.78, 5) is 0. The van der Waals surface area contributed by atoms with E-state index >= 15 is 0 Å². The molecule has 0 saturated heterocycles. The Morgan fingerprint density at radius 1 is 1.36 bits per heavy atom. The van der Waals surface area contributed by atoms with E-state index in [9.17, 15) is 0 Å². The van der Waals surface area contributed by atoms with Crippen LogP contribution in [0.15, 0.2) is 28.7 Å². The monoisotopic (exact) mass is 326 g/mol. The number of hydrogen-bond donors (Lipinski definition) is 0. The molecule has 0 unspecified atom stereocenters. The van der Waals surface area contributed by atoms with Gasteiger partial charge in [-0.3, -0.25) is 0 Å². The molecule has 1 aromatic rings. The van der Waals surface area contributed by atoms with E-state index in [1.54, 1.807) is 0 Å². The van der Waals surface area contributed by atoms with E-state index in [-0.39, 0.29) is 0 Å². The molecule has 0 saturated carbocycles. The number of rotatable bonds is 1. The Labute approximate surface area is 92.9 Å². The van der Waals surface area contributed by atoms with E-state index in [4.69, 9.17) is 0 Å². The predicted molar refractivity (Wildman–Crippen MR) is 52.1 cm³/mol. The second-order valence-electron chi connectivity index (χ2n) is 1.88. The molecule has 56 valence electrons. The minimum absolute atomic E-state index is 0.861. The van der Waals surface area contributed by atoms with Gasteiger partial charge in [0.2, 0.25) is 0 Å². The summed E-state index contributed by atoms with van der Waals surface area (Å²) < 4.78 is 1.13. The van der Waals surface area contributed by atoms with Gasteiger partial charge in [0.15, 0.2) is 0 Å². The Kier molecular flexibility index (Phi) is 8.00. The molecule has 0 nitrogen and oxygen atoms in total. The van der Waals surface area contributed by atoms with Gasteiger partial charge < -0.3 is 6.92 Å². The number of benzene rings is 1. The summed E-state index contributed by atoms with van der Waals surface area (Å²) in [6.45, 7) is 3.78. The fourth-order valence-corrected chi connectivity index (χ4v) is 1.14. The summed E-state index contributed by atoms with van der Waals surface area (Å²) >= 11 is 7.63. The zero-order chi connectivity index (χ0) is 8.69. The topological polar surface area (TPSA) is 0 Å². The predicted octanol–water partition coefficient (Wildman–Crippen LogP) is 3.67. The summed E-state index contributed by atoms with van der Waals surface area (Å²) in [5, 5.41) is 0. The Balaban J connectivity index is 0.000000461. The fraction of sp³-hybridized carbons (Fsp3) is 0.125. The van der Waals surface area contributed by atoms with E-state index < -0.39 is 0 Å². The maximum absolute atomic E-state index is 3.78. The Bertz CT molecular complexity index is 201. The fourth-order valence-electron chi connectivity index (χ4n) is 0.692. The number of halogens is 2.